The molecule has 0 saturated heterocycles. The number of aryl methyl sites for hydroxylation is 1. The summed E-state index contributed by atoms with van der Waals surface area (Å²) in [5, 5.41) is 33.5. The molecular weight excluding hydrogens is 298 g/mol. The summed E-state index contributed by atoms with van der Waals surface area (Å²) in [6.07, 6.45) is 1.32. The SMILES string of the molecule is Cc1ccc(-c2cc(C(=O)O)c(-c3ccno3)c(O)c2O)cc1. The van der Waals surface area contributed by atoms with E-state index in [4.69, 9.17) is 4.52 Å². The maximum absolute atomic E-state index is 11.6. The van der Waals surface area contributed by atoms with Gasteiger partial charge in [-0.05, 0) is 18.6 Å². The Kier molecular flexibility index (Phi) is 3.50. The van der Waals surface area contributed by atoms with Crippen LogP contribution in [0, 0.1) is 6.92 Å². The topological polar surface area (TPSA) is 104 Å². The van der Waals surface area contributed by atoms with E-state index in [1.54, 1.807) is 12.1 Å². The molecule has 3 N–H and O–H groups in total. The van der Waals surface area contributed by atoms with Gasteiger partial charge in [0.2, 0.25) is 0 Å². The molecule has 0 amide bonds. The van der Waals surface area contributed by atoms with Crippen LogP contribution in [0.1, 0.15) is 15.9 Å². The van der Waals surface area contributed by atoms with Gasteiger partial charge in [-0.15, -0.1) is 0 Å². The number of carbonyl (C=O) groups is 1. The Morgan fingerprint density at radius 1 is 1.09 bits per heavy atom. The van der Waals surface area contributed by atoms with Gasteiger partial charge >= 0.3 is 5.97 Å². The molecule has 0 aliphatic carbocycles. The second-order valence-electron chi connectivity index (χ2n) is 5.09. The van der Waals surface area contributed by atoms with Crippen molar-refractivity contribution in [2.24, 2.45) is 0 Å². The highest BCUT2D eigenvalue weighted by Crippen LogP contribution is 2.45. The summed E-state index contributed by atoms with van der Waals surface area (Å²) >= 11 is 0. The number of benzene rings is 2. The monoisotopic (exact) mass is 311 g/mol. The number of rotatable bonds is 3. The zero-order valence-corrected chi connectivity index (χ0v) is 12.1. The quantitative estimate of drug-likeness (QED) is 0.640. The summed E-state index contributed by atoms with van der Waals surface area (Å²) in [5.41, 5.74) is 1.54. The predicted molar refractivity (Wildman–Crippen MR) is 82.4 cm³/mol. The summed E-state index contributed by atoms with van der Waals surface area (Å²) < 4.78 is 4.92. The number of aromatic nitrogens is 1. The number of hydrogen-bond donors (Lipinski definition) is 3. The van der Waals surface area contributed by atoms with Crippen LogP contribution in [0.25, 0.3) is 22.5 Å². The smallest absolute Gasteiger partial charge is 0.336 e. The number of phenols is 2. The van der Waals surface area contributed by atoms with E-state index in [0.717, 1.165) is 5.56 Å². The van der Waals surface area contributed by atoms with Crippen molar-refractivity contribution in [1.82, 2.24) is 5.16 Å². The third-order valence-electron chi connectivity index (χ3n) is 3.55. The van der Waals surface area contributed by atoms with Crippen LogP contribution < -0.4 is 0 Å². The minimum atomic E-state index is -1.25. The number of aromatic carboxylic acids is 1. The largest absolute Gasteiger partial charge is 0.504 e. The van der Waals surface area contributed by atoms with E-state index in [-0.39, 0.29) is 22.5 Å². The van der Waals surface area contributed by atoms with Gasteiger partial charge in [-0.2, -0.15) is 0 Å². The predicted octanol–water partition coefficient (Wildman–Crippen LogP) is 3.43. The molecule has 1 aromatic heterocycles. The molecule has 116 valence electrons. The van der Waals surface area contributed by atoms with Crippen molar-refractivity contribution in [2.75, 3.05) is 0 Å². The van der Waals surface area contributed by atoms with E-state index >= 15 is 0 Å². The van der Waals surface area contributed by atoms with Crippen LogP contribution in [0.5, 0.6) is 11.5 Å². The minimum Gasteiger partial charge on any atom is -0.504 e. The number of carboxylic acid groups (broad SMARTS) is 1. The zero-order chi connectivity index (χ0) is 16.6. The average Bonchev–Trinajstić information content (AvgIpc) is 3.04. The Morgan fingerprint density at radius 3 is 2.35 bits per heavy atom. The van der Waals surface area contributed by atoms with E-state index in [1.165, 1.54) is 18.3 Å². The molecule has 0 radical (unpaired) electrons. The second kappa shape index (κ2) is 5.49. The fourth-order valence-electron chi connectivity index (χ4n) is 2.37. The highest BCUT2D eigenvalue weighted by molar-refractivity contribution is 6.00. The van der Waals surface area contributed by atoms with Gasteiger partial charge in [0.1, 0.15) is 0 Å². The van der Waals surface area contributed by atoms with Gasteiger partial charge in [0.25, 0.3) is 0 Å². The van der Waals surface area contributed by atoms with Crippen molar-refractivity contribution in [1.29, 1.82) is 0 Å². The van der Waals surface area contributed by atoms with Crippen LogP contribution in [0.4, 0.5) is 0 Å². The standard InChI is InChI=1S/C17H13NO5/c1-9-2-4-10(5-3-9)11-8-12(17(21)22)14(16(20)15(11)19)13-6-7-18-23-13/h2-8,19-20H,1H3,(H,21,22). The van der Waals surface area contributed by atoms with E-state index in [1.807, 2.05) is 19.1 Å². The molecule has 2 aromatic carbocycles. The second-order valence-corrected chi connectivity index (χ2v) is 5.09. The van der Waals surface area contributed by atoms with Gasteiger partial charge < -0.3 is 19.8 Å². The summed E-state index contributed by atoms with van der Waals surface area (Å²) in [7, 11) is 0. The number of phenolic OH excluding ortho intramolecular Hbond substituents is 2. The number of carboxylic acids is 1. The molecule has 23 heavy (non-hydrogen) atoms. The average molecular weight is 311 g/mol. The molecule has 0 unspecified atom stereocenters. The van der Waals surface area contributed by atoms with Crippen LogP contribution in [-0.2, 0) is 0 Å². The summed E-state index contributed by atoms with van der Waals surface area (Å²) in [6, 6.07) is 9.85. The maximum atomic E-state index is 11.6. The molecule has 0 aliphatic heterocycles. The van der Waals surface area contributed by atoms with Crippen LogP contribution >= 0.6 is 0 Å². The highest BCUT2D eigenvalue weighted by Gasteiger charge is 2.25. The Labute approximate surface area is 131 Å². The minimum absolute atomic E-state index is 0.0608. The molecule has 6 heteroatoms. The molecular formula is C17H13NO5. The Bertz CT molecular complexity index is 867. The highest BCUT2D eigenvalue weighted by atomic mass is 16.5. The lowest BCUT2D eigenvalue weighted by atomic mass is 9.95. The summed E-state index contributed by atoms with van der Waals surface area (Å²) in [4.78, 5) is 11.6. The first-order valence-electron chi connectivity index (χ1n) is 6.79. The van der Waals surface area contributed by atoms with E-state index in [2.05, 4.69) is 5.16 Å². The number of aromatic hydroxyl groups is 2. The van der Waals surface area contributed by atoms with Crippen molar-refractivity contribution in [3.63, 3.8) is 0 Å². The first-order chi connectivity index (χ1) is 11.0. The molecule has 0 saturated carbocycles. The summed E-state index contributed by atoms with van der Waals surface area (Å²) in [5.74, 6) is -2.16. The molecule has 0 fully saturated rings. The van der Waals surface area contributed by atoms with Gasteiger partial charge in [-0.3, -0.25) is 0 Å². The van der Waals surface area contributed by atoms with Gasteiger partial charge in [0, 0.05) is 11.6 Å². The molecule has 1 heterocycles. The number of hydrogen-bond acceptors (Lipinski definition) is 5. The molecule has 0 bridgehead atoms. The normalized spacial score (nSPS) is 10.7. The number of nitrogens with zero attached hydrogens (tertiary/aromatic N) is 1. The lowest BCUT2D eigenvalue weighted by molar-refractivity contribution is 0.0697. The van der Waals surface area contributed by atoms with Crippen LogP contribution in [-0.4, -0.2) is 26.4 Å². The molecule has 0 spiro atoms. The molecule has 0 aliphatic rings. The third-order valence-corrected chi connectivity index (χ3v) is 3.55. The van der Waals surface area contributed by atoms with Gasteiger partial charge in [0.15, 0.2) is 17.3 Å². The van der Waals surface area contributed by atoms with E-state index in [0.29, 0.717) is 5.56 Å². The van der Waals surface area contributed by atoms with Gasteiger partial charge in [0.05, 0.1) is 17.3 Å². The van der Waals surface area contributed by atoms with Crippen LogP contribution in [0.3, 0.4) is 0 Å². The first kappa shape index (κ1) is 14.6. The molecule has 0 atom stereocenters. The van der Waals surface area contributed by atoms with Crippen LogP contribution in [0.15, 0.2) is 47.1 Å². The Balaban J connectivity index is 2.28. The fraction of sp³-hybridized carbons (Fsp3) is 0.0588. The lowest BCUT2D eigenvalue weighted by Crippen LogP contribution is -2.01. The van der Waals surface area contributed by atoms with Crippen molar-refractivity contribution in [3.05, 3.63) is 53.7 Å². The van der Waals surface area contributed by atoms with Crippen molar-refractivity contribution in [2.45, 2.75) is 6.92 Å². The Hall–Kier alpha value is -3.28. The third kappa shape index (κ3) is 2.50. The molecule has 3 aromatic rings. The van der Waals surface area contributed by atoms with Gasteiger partial charge in [-0.25, -0.2) is 4.79 Å². The zero-order valence-electron chi connectivity index (χ0n) is 12.1. The lowest BCUT2D eigenvalue weighted by Gasteiger charge is -2.13. The maximum Gasteiger partial charge on any atom is 0.336 e. The summed E-state index contributed by atoms with van der Waals surface area (Å²) in [6.45, 7) is 1.91. The molecule has 3 rings (SSSR count). The fourth-order valence-corrected chi connectivity index (χ4v) is 2.37. The van der Waals surface area contributed by atoms with E-state index < -0.39 is 17.5 Å². The Morgan fingerprint density at radius 2 is 1.78 bits per heavy atom. The van der Waals surface area contributed by atoms with Crippen molar-refractivity contribution in [3.8, 4) is 33.9 Å². The molecule has 6 nitrogen and oxygen atoms in total. The first-order valence-corrected chi connectivity index (χ1v) is 6.79. The van der Waals surface area contributed by atoms with Crippen molar-refractivity contribution >= 4 is 5.97 Å². The van der Waals surface area contributed by atoms with E-state index in [9.17, 15) is 20.1 Å². The van der Waals surface area contributed by atoms with Crippen LogP contribution in [0.2, 0.25) is 0 Å². The van der Waals surface area contributed by atoms with Crippen molar-refractivity contribution < 1.29 is 24.6 Å². The van der Waals surface area contributed by atoms with Gasteiger partial charge in [-0.1, -0.05) is 35.0 Å².